The summed E-state index contributed by atoms with van der Waals surface area (Å²) < 4.78 is 40.2. The Bertz CT molecular complexity index is 1060. The molecule has 0 saturated carbocycles. The molecule has 1 aromatic carbocycles. The van der Waals surface area contributed by atoms with E-state index in [1.54, 1.807) is 23.0 Å². The summed E-state index contributed by atoms with van der Waals surface area (Å²) in [7, 11) is 0. The molecule has 6 nitrogen and oxygen atoms in total. The molecule has 3 heterocycles. The third-order valence-electron chi connectivity index (χ3n) is 4.90. The molecular weight excluding hydrogens is 385 g/mol. The van der Waals surface area contributed by atoms with Crippen LogP contribution in [0.15, 0.2) is 48.8 Å². The topological polar surface area (TPSA) is 71.2 Å². The monoisotopic (exact) mass is 402 g/mol. The fourth-order valence-corrected chi connectivity index (χ4v) is 3.46. The standard InChI is InChI=1S/C20H17F3N4O2/c1-12-10-26(16-4-2-14(3-5-16)20(21,22)23)19(29)18-17(9-25-27(12)18)13-6-7-24-15(8-13)11-28/h2-9,12,28H,10-11H2,1H3/t12-/m0/s1. The maximum absolute atomic E-state index is 13.2. The van der Waals surface area contributed by atoms with E-state index in [9.17, 15) is 23.1 Å². The van der Waals surface area contributed by atoms with Crippen molar-refractivity contribution in [2.75, 3.05) is 11.4 Å². The number of anilines is 1. The number of carbonyl (C=O) groups excluding carboxylic acids is 1. The van der Waals surface area contributed by atoms with Gasteiger partial charge in [0.05, 0.1) is 30.1 Å². The fraction of sp³-hybridized carbons (Fsp3) is 0.250. The van der Waals surface area contributed by atoms with Crippen LogP contribution in [-0.4, -0.2) is 32.3 Å². The van der Waals surface area contributed by atoms with Crippen LogP contribution in [0, 0.1) is 0 Å². The predicted octanol–water partition coefficient (Wildman–Crippen LogP) is 3.68. The molecule has 0 bridgehead atoms. The van der Waals surface area contributed by atoms with Crippen molar-refractivity contribution in [1.82, 2.24) is 14.8 Å². The zero-order chi connectivity index (χ0) is 20.8. The minimum Gasteiger partial charge on any atom is -0.390 e. The zero-order valence-electron chi connectivity index (χ0n) is 15.4. The van der Waals surface area contributed by atoms with Crippen molar-refractivity contribution >= 4 is 11.6 Å². The zero-order valence-corrected chi connectivity index (χ0v) is 15.4. The number of hydrogen-bond donors (Lipinski definition) is 1. The number of aliphatic hydroxyl groups excluding tert-OH is 1. The van der Waals surface area contributed by atoms with Crippen molar-refractivity contribution in [3.8, 4) is 11.1 Å². The van der Waals surface area contributed by atoms with E-state index in [-0.39, 0.29) is 25.1 Å². The van der Waals surface area contributed by atoms with Gasteiger partial charge in [-0.05, 0) is 48.9 Å². The van der Waals surface area contributed by atoms with Crippen LogP contribution < -0.4 is 4.90 Å². The molecule has 0 saturated heterocycles. The third kappa shape index (κ3) is 3.38. The number of aromatic nitrogens is 3. The molecule has 4 rings (SSSR count). The molecule has 1 aliphatic heterocycles. The number of pyridine rings is 1. The number of carbonyl (C=O) groups is 1. The van der Waals surface area contributed by atoms with Crippen molar-refractivity contribution in [3.05, 3.63) is 65.7 Å². The second-order valence-electron chi connectivity index (χ2n) is 6.85. The van der Waals surface area contributed by atoms with E-state index in [2.05, 4.69) is 10.1 Å². The van der Waals surface area contributed by atoms with Crippen LogP contribution in [0.1, 0.15) is 34.7 Å². The molecule has 0 fully saturated rings. The van der Waals surface area contributed by atoms with E-state index in [4.69, 9.17) is 0 Å². The summed E-state index contributed by atoms with van der Waals surface area (Å²) >= 11 is 0. The summed E-state index contributed by atoms with van der Waals surface area (Å²) in [4.78, 5) is 18.7. The fourth-order valence-electron chi connectivity index (χ4n) is 3.46. The molecule has 9 heteroatoms. The third-order valence-corrected chi connectivity index (χ3v) is 4.90. The molecule has 0 unspecified atom stereocenters. The SMILES string of the molecule is C[C@H]1CN(c2ccc(C(F)(F)F)cc2)C(=O)c2c(-c3ccnc(CO)c3)cnn21. The largest absolute Gasteiger partial charge is 0.416 e. The first kappa shape index (κ1) is 19.1. The van der Waals surface area contributed by atoms with Crippen molar-refractivity contribution in [2.45, 2.75) is 25.7 Å². The van der Waals surface area contributed by atoms with E-state index in [0.717, 1.165) is 12.1 Å². The minimum absolute atomic E-state index is 0.169. The molecule has 2 aromatic heterocycles. The lowest BCUT2D eigenvalue weighted by atomic mass is 10.0. The number of amides is 1. The van der Waals surface area contributed by atoms with Gasteiger partial charge in [-0.1, -0.05) is 0 Å². The van der Waals surface area contributed by atoms with E-state index in [1.165, 1.54) is 23.2 Å². The number of hydrogen-bond acceptors (Lipinski definition) is 4. The number of alkyl halides is 3. The van der Waals surface area contributed by atoms with Crippen molar-refractivity contribution in [3.63, 3.8) is 0 Å². The Balaban J connectivity index is 1.74. The Morgan fingerprint density at radius 3 is 2.59 bits per heavy atom. The first-order chi connectivity index (χ1) is 13.8. The van der Waals surface area contributed by atoms with Gasteiger partial charge in [0.2, 0.25) is 0 Å². The van der Waals surface area contributed by atoms with Gasteiger partial charge in [0.25, 0.3) is 5.91 Å². The van der Waals surface area contributed by atoms with Crippen molar-refractivity contribution < 1.29 is 23.1 Å². The van der Waals surface area contributed by atoms with Crippen LogP contribution in [-0.2, 0) is 12.8 Å². The Labute approximate surface area is 164 Å². The molecule has 0 spiro atoms. The highest BCUT2D eigenvalue weighted by molar-refractivity contribution is 6.09. The number of rotatable bonds is 3. The van der Waals surface area contributed by atoms with Crippen LogP contribution in [0.2, 0.25) is 0 Å². The predicted molar refractivity (Wildman–Crippen MR) is 99.2 cm³/mol. The molecule has 1 aliphatic rings. The van der Waals surface area contributed by atoms with Gasteiger partial charge in [-0.3, -0.25) is 14.5 Å². The minimum atomic E-state index is -4.44. The highest BCUT2D eigenvalue weighted by atomic mass is 19.4. The summed E-state index contributed by atoms with van der Waals surface area (Å²) in [5.41, 5.74) is 1.68. The molecule has 29 heavy (non-hydrogen) atoms. The maximum atomic E-state index is 13.2. The first-order valence-electron chi connectivity index (χ1n) is 8.92. The molecule has 1 N–H and O–H groups in total. The Kier molecular flexibility index (Phi) is 4.62. The molecule has 0 aliphatic carbocycles. The highest BCUT2D eigenvalue weighted by Crippen LogP contribution is 2.34. The summed E-state index contributed by atoms with van der Waals surface area (Å²) in [5, 5.41) is 13.7. The van der Waals surface area contributed by atoms with E-state index in [1.807, 2.05) is 6.92 Å². The molecule has 1 atom stereocenters. The van der Waals surface area contributed by atoms with Gasteiger partial charge in [0, 0.05) is 24.0 Å². The van der Waals surface area contributed by atoms with Gasteiger partial charge >= 0.3 is 6.18 Å². The number of aliphatic hydroxyl groups is 1. The second-order valence-corrected chi connectivity index (χ2v) is 6.85. The lowest BCUT2D eigenvalue weighted by Crippen LogP contribution is -2.42. The lowest BCUT2D eigenvalue weighted by molar-refractivity contribution is -0.137. The summed E-state index contributed by atoms with van der Waals surface area (Å²) in [6.07, 6.45) is -1.32. The summed E-state index contributed by atoms with van der Waals surface area (Å²) in [5.74, 6) is -0.349. The van der Waals surface area contributed by atoms with Crippen LogP contribution in [0.4, 0.5) is 18.9 Å². The van der Waals surface area contributed by atoms with E-state index < -0.39 is 11.7 Å². The lowest BCUT2D eigenvalue weighted by Gasteiger charge is -2.32. The molecule has 0 radical (unpaired) electrons. The van der Waals surface area contributed by atoms with Crippen LogP contribution in [0.3, 0.4) is 0 Å². The van der Waals surface area contributed by atoms with Crippen molar-refractivity contribution in [2.24, 2.45) is 0 Å². The second kappa shape index (κ2) is 7.00. The van der Waals surface area contributed by atoms with E-state index >= 15 is 0 Å². The normalized spacial score (nSPS) is 16.8. The average Bonchev–Trinajstić information content (AvgIpc) is 3.16. The van der Waals surface area contributed by atoms with Crippen LogP contribution in [0.25, 0.3) is 11.1 Å². The quantitative estimate of drug-likeness (QED) is 0.726. The smallest absolute Gasteiger partial charge is 0.390 e. The number of fused-ring (bicyclic) bond motifs is 1. The van der Waals surface area contributed by atoms with Gasteiger partial charge in [0.1, 0.15) is 5.69 Å². The number of halogens is 3. The van der Waals surface area contributed by atoms with Gasteiger partial charge in [-0.15, -0.1) is 0 Å². The van der Waals surface area contributed by atoms with Gasteiger partial charge in [-0.2, -0.15) is 18.3 Å². The van der Waals surface area contributed by atoms with Gasteiger partial charge < -0.3 is 10.0 Å². The summed E-state index contributed by atoms with van der Waals surface area (Å²) in [6.45, 7) is 1.94. The number of nitrogens with zero attached hydrogens (tertiary/aromatic N) is 4. The van der Waals surface area contributed by atoms with Crippen LogP contribution >= 0.6 is 0 Å². The summed E-state index contributed by atoms with van der Waals surface area (Å²) in [6, 6.07) is 7.76. The van der Waals surface area contributed by atoms with Gasteiger partial charge in [0.15, 0.2) is 0 Å². The Morgan fingerprint density at radius 1 is 1.21 bits per heavy atom. The Morgan fingerprint density at radius 2 is 1.93 bits per heavy atom. The molecular formula is C20H17F3N4O2. The van der Waals surface area contributed by atoms with E-state index in [0.29, 0.717) is 28.2 Å². The molecule has 3 aromatic rings. The Hall–Kier alpha value is -3.20. The average molecular weight is 402 g/mol. The number of benzene rings is 1. The van der Waals surface area contributed by atoms with Gasteiger partial charge in [-0.25, -0.2) is 0 Å². The first-order valence-corrected chi connectivity index (χ1v) is 8.92. The van der Waals surface area contributed by atoms with Crippen molar-refractivity contribution in [1.29, 1.82) is 0 Å². The molecule has 150 valence electrons. The maximum Gasteiger partial charge on any atom is 0.416 e. The highest BCUT2D eigenvalue weighted by Gasteiger charge is 2.35. The molecule has 1 amide bonds. The van der Waals surface area contributed by atoms with Crippen LogP contribution in [0.5, 0.6) is 0 Å².